The van der Waals surface area contributed by atoms with Gasteiger partial charge in [-0.25, -0.2) is 14.8 Å². The van der Waals surface area contributed by atoms with Crippen molar-refractivity contribution in [1.82, 2.24) is 15.3 Å². The largest absolute Gasteiger partial charge is 0.378 e. The number of morpholine rings is 1. The van der Waals surface area contributed by atoms with E-state index in [2.05, 4.69) is 49.3 Å². The Morgan fingerprint density at radius 3 is 2.43 bits per heavy atom. The quantitative estimate of drug-likeness (QED) is 0.544. The summed E-state index contributed by atoms with van der Waals surface area (Å²) in [7, 11) is 1.59. The SMILES string of the molecule is CNC(=O)Nc1ccc(-c2nc(N3CCOCC3)cc(C(C)(C)[SH+]C(C)C)n2)cc1. The molecule has 2 heterocycles. The van der Waals surface area contributed by atoms with Crippen LogP contribution in [0.2, 0.25) is 0 Å². The van der Waals surface area contributed by atoms with Crippen molar-refractivity contribution >= 4 is 29.3 Å². The number of rotatable bonds is 6. The van der Waals surface area contributed by atoms with Gasteiger partial charge in [0.1, 0.15) is 16.8 Å². The maximum Gasteiger partial charge on any atom is 0.318 e. The first-order valence-corrected chi connectivity index (χ1v) is 11.3. The van der Waals surface area contributed by atoms with Gasteiger partial charge < -0.3 is 20.3 Å². The summed E-state index contributed by atoms with van der Waals surface area (Å²) >= 11 is 1.33. The number of anilines is 2. The number of nitrogens with zero attached hydrogens (tertiary/aromatic N) is 3. The van der Waals surface area contributed by atoms with Crippen LogP contribution in [0.15, 0.2) is 30.3 Å². The molecule has 2 aromatic rings. The van der Waals surface area contributed by atoms with Crippen LogP contribution in [0.1, 0.15) is 33.4 Å². The molecular formula is C22H32N5O2S+. The Balaban J connectivity index is 1.98. The van der Waals surface area contributed by atoms with Crippen molar-refractivity contribution in [3.63, 3.8) is 0 Å². The molecular weight excluding hydrogens is 398 g/mol. The van der Waals surface area contributed by atoms with E-state index >= 15 is 0 Å². The number of hydrogen-bond acceptors (Lipinski definition) is 5. The van der Waals surface area contributed by atoms with Crippen LogP contribution in [0.5, 0.6) is 0 Å². The zero-order valence-corrected chi connectivity index (χ0v) is 19.3. The fourth-order valence-electron chi connectivity index (χ4n) is 3.44. The highest BCUT2D eigenvalue weighted by molar-refractivity contribution is 7.80. The molecule has 30 heavy (non-hydrogen) atoms. The van der Waals surface area contributed by atoms with Crippen molar-refractivity contribution in [3.05, 3.63) is 36.0 Å². The lowest BCUT2D eigenvalue weighted by Crippen LogP contribution is -2.37. The second-order valence-electron chi connectivity index (χ2n) is 8.10. The van der Waals surface area contributed by atoms with Gasteiger partial charge in [-0.05, 0) is 63.7 Å². The summed E-state index contributed by atoms with van der Waals surface area (Å²) in [6, 6.07) is 9.51. The van der Waals surface area contributed by atoms with E-state index in [-0.39, 0.29) is 10.8 Å². The average molecular weight is 431 g/mol. The van der Waals surface area contributed by atoms with Gasteiger partial charge >= 0.3 is 6.03 Å². The van der Waals surface area contributed by atoms with E-state index < -0.39 is 0 Å². The van der Waals surface area contributed by atoms with E-state index in [1.165, 1.54) is 11.8 Å². The summed E-state index contributed by atoms with van der Waals surface area (Å²) in [5, 5.41) is 5.87. The summed E-state index contributed by atoms with van der Waals surface area (Å²) in [5.74, 6) is 1.64. The number of carbonyl (C=O) groups is 1. The lowest BCUT2D eigenvalue weighted by atomic mass is 10.1. The van der Waals surface area contributed by atoms with Crippen LogP contribution in [0.4, 0.5) is 16.3 Å². The normalized spacial score (nSPS) is 14.7. The van der Waals surface area contributed by atoms with E-state index in [0.29, 0.717) is 24.3 Å². The predicted molar refractivity (Wildman–Crippen MR) is 126 cm³/mol. The number of hydrogen-bond donors (Lipinski definition) is 2. The van der Waals surface area contributed by atoms with Crippen LogP contribution in [0.25, 0.3) is 11.4 Å². The first-order valence-electron chi connectivity index (χ1n) is 10.3. The molecule has 0 radical (unpaired) electrons. The summed E-state index contributed by atoms with van der Waals surface area (Å²) in [6.07, 6.45) is 0. The molecule has 0 unspecified atom stereocenters. The Morgan fingerprint density at radius 2 is 1.83 bits per heavy atom. The molecule has 0 spiro atoms. The third kappa shape index (κ3) is 5.64. The Kier molecular flexibility index (Phi) is 7.20. The molecule has 1 aliphatic rings. The molecule has 1 fully saturated rings. The van der Waals surface area contributed by atoms with Gasteiger partial charge in [-0.3, -0.25) is 0 Å². The topological polar surface area (TPSA) is 79.4 Å². The number of amides is 2. The lowest BCUT2D eigenvalue weighted by Gasteiger charge is -2.29. The Bertz CT molecular complexity index is 864. The average Bonchev–Trinajstić information content (AvgIpc) is 2.73. The van der Waals surface area contributed by atoms with Crippen LogP contribution in [-0.4, -0.2) is 54.6 Å². The summed E-state index contributed by atoms with van der Waals surface area (Å²) in [6.45, 7) is 12.0. The molecule has 162 valence electrons. The van der Waals surface area contributed by atoms with Crippen LogP contribution >= 0.6 is 0 Å². The van der Waals surface area contributed by atoms with Crippen molar-refractivity contribution in [2.45, 2.75) is 37.7 Å². The van der Waals surface area contributed by atoms with Crippen molar-refractivity contribution < 1.29 is 9.53 Å². The summed E-state index contributed by atoms with van der Waals surface area (Å²) < 4.78 is 5.42. The van der Waals surface area contributed by atoms with Crippen LogP contribution < -0.4 is 15.5 Å². The minimum atomic E-state index is -0.245. The van der Waals surface area contributed by atoms with Crippen molar-refractivity contribution in [2.75, 3.05) is 43.6 Å². The summed E-state index contributed by atoms with van der Waals surface area (Å²) in [5.41, 5.74) is 2.68. The smallest absolute Gasteiger partial charge is 0.318 e. The van der Waals surface area contributed by atoms with Gasteiger partial charge in [-0.2, -0.15) is 0 Å². The molecule has 3 rings (SSSR count). The first-order chi connectivity index (χ1) is 14.3. The first kappa shape index (κ1) is 22.4. The molecule has 2 amide bonds. The number of benzene rings is 1. The van der Waals surface area contributed by atoms with Gasteiger partial charge in [0.2, 0.25) is 0 Å². The molecule has 1 saturated heterocycles. The second-order valence-corrected chi connectivity index (χ2v) is 10.5. The molecule has 0 bridgehead atoms. The van der Waals surface area contributed by atoms with Gasteiger partial charge in [-0.1, -0.05) is 0 Å². The number of nitrogens with one attached hydrogen (secondary N) is 2. The Morgan fingerprint density at radius 1 is 1.17 bits per heavy atom. The van der Waals surface area contributed by atoms with E-state index in [1.807, 2.05) is 24.3 Å². The minimum absolute atomic E-state index is 0.0897. The highest BCUT2D eigenvalue weighted by atomic mass is 32.2. The van der Waals surface area contributed by atoms with Gasteiger partial charge in [0.25, 0.3) is 0 Å². The molecule has 1 aromatic carbocycles. The number of carbonyl (C=O) groups excluding carboxylic acids is 1. The lowest BCUT2D eigenvalue weighted by molar-refractivity contribution is 0.122. The number of aromatic nitrogens is 2. The standard InChI is InChI=1S/C22H31N5O2S/c1-15(2)30-22(3,4)18-14-19(27-10-12-29-13-11-27)26-20(25-18)16-6-8-17(9-7-16)24-21(28)23-5/h6-9,14-15H,10-13H2,1-5H3,(H2,23,24,28)/p+1. The molecule has 1 aliphatic heterocycles. The fraction of sp³-hybridized carbons (Fsp3) is 0.500. The van der Waals surface area contributed by atoms with Crippen molar-refractivity contribution in [1.29, 1.82) is 0 Å². The second kappa shape index (κ2) is 9.66. The highest BCUT2D eigenvalue weighted by Crippen LogP contribution is 2.30. The number of urea groups is 1. The van der Waals surface area contributed by atoms with Crippen molar-refractivity contribution in [2.24, 2.45) is 0 Å². The zero-order chi connectivity index (χ0) is 21.7. The van der Waals surface area contributed by atoms with Crippen molar-refractivity contribution in [3.8, 4) is 11.4 Å². The molecule has 2 N–H and O–H groups in total. The van der Waals surface area contributed by atoms with E-state index in [9.17, 15) is 4.79 Å². The van der Waals surface area contributed by atoms with E-state index in [4.69, 9.17) is 14.7 Å². The highest BCUT2D eigenvalue weighted by Gasteiger charge is 2.34. The fourth-order valence-corrected chi connectivity index (χ4v) is 4.98. The number of ether oxygens (including phenoxy) is 1. The molecule has 0 saturated carbocycles. The third-order valence-corrected chi connectivity index (χ3v) is 6.27. The van der Waals surface area contributed by atoms with Gasteiger partial charge in [0, 0.05) is 37.5 Å². The maximum atomic E-state index is 11.5. The van der Waals surface area contributed by atoms with Crippen LogP contribution in [0, 0.1) is 0 Å². The van der Waals surface area contributed by atoms with E-state index in [1.54, 1.807) is 7.05 Å². The predicted octanol–water partition coefficient (Wildman–Crippen LogP) is 3.19. The minimum Gasteiger partial charge on any atom is -0.378 e. The monoisotopic (exact) mass is 430 g/mol. The molecule has 1 aromatic heterocycles. The van der Waals surface area contributed by atoms with Gasteiger partial charge in [0.05, 0.1) is 13.2 Å². The van der Waals surface area contributed by atoms with Crippen LogP contribution in [-0.2, 0) is 21.2 Å². The Hall–Kier alpha value is -2.32. The van der Waals surface area contributed by atoms with Gasteiger partial charge in [0.15, 0.2) is 10.6 Å². The molecule has 0 atom stereocenters. The summed E-state index contributed by atoms with van der Waals surface area (Å²) in [4.78, 5) is 23.6. The van der Waals surface area contributed by atoms with Crippen LogP contribution in [0.3, 0.4) is 0 Å². The van der Waals surface area contributed by atoms with Gasteiger partial charge in [-0.15, -0.1) is 0 Å². The molecule has 7 nitrogen and oxygen atoms in total. The third-order valence-electron chi connectivity index (χ3n) is 4.88. The van der Waals surface area contributed by atoms with E-state index in [0.717, 1.165) is 35.9 Å². The molecule has 8 heteroatoms. The maximum absolute atomic E-state index is 11.5. The zero-order valence-electron chi connectivity index (χ0n) is 18.4. The molecule has 0 aliphatic carbocycles. The number of thiol groups is 1. The Labute approximate surface area is 183 Å².